The van der Waals surface area contributed by atoms with Crippen LogP contribution in [0, 0.1) is 0 Å². The Balaban J connectivity index is 1.61. The zero-order valence-electron chi connectivity index (χ0n) is 16.9. The van der Waals surface area contributed by atoms with Crippen molar-refractivity contribution >= 4 is 46.5 Å². The van der Waals surface area contributed by atoms with E-state index in [1.54, 1.807) is 35.0 Å². The van der Waals surface area contributed by atoms with Crippen molar-refractivity contribution < 1.29 is 14.3 Å². The Kier molecular flexibility index (Phi) is 5.89. The van der Waals surface area contributed by atoms with Crippen molar-refractivity contribution in [1.29, 1.82) is 0 Å². The van der Waals surface area contributed by atoms with Gasteiger partial charge < -0.3 is 15.4 Å². The first-order valence-electron chi connectivity index (χ1n) is 9.72. The van der Waals surface area contributed by atoms with Gasteiger partial charge in [0, 0.05) is 15.6 Å². The third kappa shape index (κ3) is 4.11. The van der Waals surface area contributed by atoms with Crippen molar-refractivity contribution in [3.8, 4) is 16.9 Å². The number of aryl methyl sites for hydroxylation is 1. The summed E-state index contributed by atoms with van der Waals surface area (Å²) in [4.78, 5) is 25.4. The lowest BCUT2D eigenvalue weighted by Gasteiger charge is -2.13. The van der Waals surface area contributed by atoms with Crippen molar-refractivity contribution in [2.24, 2.45) is 0 Å². The lowest BCUT2D eigenvalue weighted by Crippen LogP contribution is -2.24. The molecule has 1 unspecified atom stereocenters. The molecule has 2 amide bonds. The molecule has 160 valence electrons. The highest BCUT2D eigenvalue weighted by Crippen LogP contribution is 2.39. The van der Waals surface area contributed by atoms with Gasteiger partial charge in [-0.2, -0.15) is 5.10 Å². The minimum Gasteiger partial charge on any atom is -0.495 e. The third-order valence-electron chi connectivity index (χ3n) is 5.10. The van der Waals surface area contributed by atoms with Gasteiger partial charge in [0.2, 0.25) is 5.91 Å². The molecule has 0 saturated carbocycles. The highest BCUT2D eigenvalue weighted by atomic mass is 35.5. The molecule has 7 nitrogen and oxygen atoms in total. The zero-order valence-corrected chi connectivity index (χ0v) is 18.4. The van der Waals surface area contributed by atoms with Crippen LogP contribution < -0.4 is 15.4 Å². The number of halogens is 2. The van der Waals surface area contributed by atoms with Gasteiger partial charge in [-0.15, -0.1) is 0 Å². The van der Waals surface area contributed by atoms with E-state index in [0.717, 1.165) is 16.8 Å². The topological polar surface area (TPSA) is 85.2 Å². The van der Waals surface area contributed by atoms with Crippen LogP contribution in [0.2, 0.25) is 10.0 Å². The second-order valence-electron chi connectivity index (χ2n) is 7.08. The van der Waals surface area contributed by atoms with Gasteiger partial charge in [-0.3, -0.25) is 9.59 Å². The molecule has 3 aromatic rings. The number of carbonyl (C=O) groups excluding carboxylic acids is 2. The smallest absolute Gasteiger partial charge is 0.251 e. The summed E-state index contributed by atoms with van der Waals surface area (Å²) >= 11 is 12.0. The van der Waals surface area contributed by atoms with Crippen molar-refractivity contribution in [3.63, 3.8) is 0 Å². The number of fused-ring (bicyclic) bond motifs is 1. The molecule has 9 heteroatoms. The first-order valence-corrected chi connectivity index (χ1v) is 10.5. The molecule has 0 aliphatic carbocycles. The van der Waals surface area contributed by atoms with Crippen molar-refractivity contribution in [1.82, 2.24) is 9.78 Å². The molecular formula is C22H20Cl2N4O3. The fraction of sp³-hybridized carbons (Fsp3) is 0.227. The first-order chi connectivity index (χ1) is 14.9. The molecule has 4 rings (SSSR count). The lowest BCUT2D eigenvalue weighted by atomic mass is 10.0. The van der Waals surface area contributed by atoms with Crippen LogP contribution in [0.4, 0.5) is 11.5 Å². The lowest BCUT2D eigenvalue weighted by molar-refractivity contribution is -0.123. The number of amides is 2. The van der Waals surface area contributed by atoms with Crippen LogP contribution in [0.5, 0.6) is 5.75 Å². The molecule has 1 aromatic heterocycles. The molecule has 0 fully saturated rings. The van der Waals surface area contributed by atoms with Gasteiger partial charge >= 0.3 is 0 Å². The summed E-state index contributed by atoms with van der Waals surface area (Å²) < 4.78 is 6.86. The van der Waals surface area contributed by atoms with Gasteiger partial charge in [0.15, 0.2) is 0 Å². The predicted octanol–water partition coefficient (Wildman–Crippen LogP) is 4.95. The number of carbonyl (C=O) groups is 2. The Labute approximate surface area is 189 Å². The summed E-state index contributed by atoms with van der Waals surface area (Å²) in [7, 11) is 1.50. The molecule has 2 N–H and O–H groups in total. The SMILES string of the molecule is CCc1nn2c(c1-c1ccc(Cl)cc1)NC(=O)C2CC(=O)Nc1cc(Cl)ccc1OC. The van der Waals surface area contributed by atoms with E-state index in [1.807, 2.05) is 19.1 Å². The molecule has 1 aliphatic heterocycles. The molecule has 2 aromatic carbocycles. The normalized spacial score (nSPS) is 14.8. The predicted molar refractivity (Wildman–Crippen MR) is 121 cm³/mol. The van der Waals surface area contributed by atoms with Crippen LogP contribution in [-0.4, -0.2) is 28.7 Å². The molecular weight excluding hydrogens is 439 g/mol. The van der Waals surface area contributed by atoms with Crippen LogP contribution >= 0.6 is 23.2 Å². The fourth-order valence-corrected chi connectivity index (χ4v) is 3.94. The number of benzene rings is 2. The number of rotatable bonds is 6. The molecule has 1 atom stereocenters. The summed E-state index contributed by atoms with van der Waals surface area (Å²) in [6, 6.07) is 11.5. The van der Waals surface area contributed by atoms with Gasteiger partial charge in [0.1, 0.15) is 17.6 Å². The molecule has 1 aliphatic rings. The van der Waals surface area contributed by atoms with E-state index in [4.69, 9.17) is 27.9 Å². The number of hydrogen-bond acceptors (Lipinski definition) is 4. The monoisotopic (exact) mass is 458 g/mol. The maximum absolute atomic E-state index is 12.7. The Hall–Kier alpha value is -3.03. The number of nitrogens with one attached hydrogen (secondary N) is 2. The van der Waals surface area contributed by atoms with Crippen LogP contribution in [0.3, 0.4) is 0 Å². The van der Waals surface area contributed by atoms with Crippen LogP contribution in [-0.2, 0) is 16.0 Å². The molecule has 0 radical (unpaired) electrons. The minimum atomic E-state index is -0.758. The summed E-state index contributed by atoms with van der Waals surface area (Å²) in [6.45, 7) is 1.99. The number of nitrogens with zero attached hydrogens (tertiary/aromatic N) is 2. The van der Waals surface area contributed by atoms with Crippen molar-refractivity contribution in [3.05, 3.63) is 58.2 Å². The van der Waals surface area contributed by atoms with E-state index >= 15 is 0 Å². The average molecular weight is 459 g/mol. The van der Waals surface area contributed by atoms with E-state index in [9.17, 15) is 9.59 Å². The largest absolute Gasteiger partial charge is 0.495 e. The maximum atomic E-state index is 12.7. The quantitative estimate of drug-likeness (QED) is 0.546. The summed E-state index contributed by atoms with van der Waals surface area (Å²) in [5.74, 6) is 0.428. The number of anilines is 2. The third-order valence-corrected chi connectivity index (χ3v) is 5.59. The zero-order chi connectivity index (χ0) is 22.1. The molecule has 31 heavy (non-hydrogen) atoms. The molecule has 0 bridgehead atoms. The summed E-state index contributed by atoms with van der Waals surface area (Å²) in [5.41, 5.74) is 3.01. The van der Waals surface area contributed by atoms with Crippen LogP contribution in [0.1, 0.15) is 25.1 Å². The van der Waals surface area contributed by atoms with E-state index in [1.165, 1.54) is 7.11 Å². The van der Waals surface area contributed by atoms with Gasteiger partial charge in [0.05, 0.1) is 24.9 Å². The second kappa shape index (κ2) is 8.61. The van der Waals surface area contributed by atoms with Crippen molar-refractivity contribution in [2.75, 3.05) is 17.7 Å². The summed E-state index contributed by atoms with van der Waals surface area (Å²) in [5, 5.41) is 11.4. The Bertz CT molecular complexity index is 1160. The Morgan fingerprint density at radius 3 is 2.58 bits per heavy atom. The molecule has 0 saturated heterocycles. The van der Waals surface area contributed by atoms with E-state index < -0.39 is 6.04 Å². The van der Waals surface area contributed by atoms with E-state index in [0.29, 0.717) is 33.7 Å². The number of methoxy groups -OCH3 is 1. The minimum absolute atomic E-state index is 0.0839. The van der Waals surface area contributed by atoms with Gasteiger partial charge in [-0.1, -0.05) is 42.3 Å². The van der Waals surface area contributed by atoms with E-state index in [-0.39, 0.29) is 18.2 Å². The standard InChI is InChI=1S/C22H20Cl2N4O3/c1-3-15-20(12-4-6-13(23)7-5-12)21-26-22(30)17(28(21)27-15)11-19(29)25-16-10-14(24)8-9-18(16)31-2/h4-10,17H,3,11H2,1-2H3,(H,25,29)(H,26,30). The highest BCUT2D eigenvalue weighted by molar-refractivity contribution is 6.31. The molecule has 0 spiro atoms. The molecule has 2 heterocycles. The number of aromatic nitrogens is 2. The van der Waals surface area contributed by atoms with Gasteiger partial charge in [-0.05, 0) is 42.3 Å². The Morgan fingerprint density at radius 2 is 1.90 bits per heavy atom. The first kappa shape index (κ1) is 21.2. The summed E-state index contributed by atoms with van der Waals surface area (Å²) in [6.07, 6.45) is 0.589. The van der Waals surface area contributed by atoms with Crippen LogP contribution in [0.15, 0.2) is 42.5 Å². The number of hydrogen-bond donors (Lipinski definition) is 2. The van der Waals surface area contributed by atoms with Crippen LogP contribution in [0.25, 0.3) is 11.1 Å². The number of ether oxygens (including phenoxy) is 1. The Morgan fingerprint density at radius 1 is 1.19 bits per heavy atom. The average Bonchev–Trinajstić information content (AvgIpc) is 3.24. The maximum Gasteiger partial charge on any atom is 0.251 e. The fourth-order valence-electron chi connectivity index (χ4n) is 3.64. The second-order valence-corrected chi connectivity index (χ2v) is 7.95. The highest BCUT2D eigenvalue weighted by Gasteiger charge is 2.36. The van der Waals surface area contributed by atoms with Gasteiger partial charge in [0.25, 0.3) is 5.91 Å². The van der Waals surface area contributed by atoms with Crippen molar-refractivity contribution in [2.45, 2.75) is 25.8 Å². The van der Waals surface area contributed by atoms with E-state index in [2.05, 4.69) is 15.7 Å². The van der Waals surface area contributed by atoms with Gasteiger partial charge in [-0.25, -0.2) is 4.68 Å².